The van der Waals surface area contributed by atoms with Crippen LogP contribution in [0.5, 0.6) is 0 Å². The summed E-state index contributed by atoms with van der Waals surface area (Å²) in [6.07, 6.45) is 0.894. The lowest BCUT2D eigenvalue weighted by Crippen LogP contribution is -2.27. The minimum atomic E-state index is -0.554. The summed E-state index contributed by atoms with van der Waals surface area (Å²) in [6, 6.07) is 1.45. The number of hydrogen-bond acceptors (Lipinski definition) is 3. The molecule has 1 aromatic heterocycles. The first kappa shape index (κ1) is 10.4. The Kier molecular flexibility index (Phi) is 3.62. The van der Waals surface area contributed by atoms with Gasteiger partial charge in [0.15, 0.2) is 0 Å². The van der Waals surface area contributed by atoms with Gasteiger partial charge in [-0.3, -0.25) is 9.36 Å². The van der Waals surface area contributed by atoms with Crippen molar-refractivity contribution in [3.63, 3.8) is 0 Å². The summed E-state index contributed by atoms with van der Waals surface area (Å²) >= 11 is 3.13. The van der Waals surface area contributed by atoms with Crippen molar-refractivity contribution in [3.05, 3.63) is 28.4 Å². The first-order valence-electron chi connectivity index (χ1n) is 3.90. The number of aromatic nitrogens is 2. The summed E-state index contributed by atoms with van der Waals surface area (Å²) in [5, 5.41) is 9.72. The van der Waals surface area contributed by atoms with Crippen LogP contribution < -0.4 is 5.56 Å². The van der Waals surface area contributed by atoms with E-state index < -0.39 is 6.10 Å². The van der Waals surface area contributed by atoms with Crippen LogP contribution in [0.3, 0.4) is 0 Å². The number of aliphatic hydroxyl groups is 1. The Labute approximate surface area is 84.4 Å². The first-order chi connectivity index (χ1) is 6.13. The summed E-state index contributed by atoms with van der Waals surface area (Å²) in [7, 11) is 0. The molecule has 4 nitrogen and oxygen atoms in total. The highest BCUT2D eigenvalue weighted by Crippen LogP contribution is 1.93. The number of alkyl halides is 1. The van der Waals surface area contributed by atoms with Gasteiger partial charge in [0.05, 0.1) is 19.0 Å². The van der Waals surface area contributed by atoms with Gasteiger partial charge in [-0.2, -0.15) is 0 Å². The minimum absolute atomic E-state index is 0.132. The Hall–Kier alpha value is -0.680. The van der Waals surface area contributed by atoms with E-state index in [1.54, 1.807) is 6.92 Å². The number of aryl methyl sites for hydroxylation is 1. The molecule has 0 aliphatic rings. The molecule has 1 N–H and O–H groups in total. The summed E-state index contributed by atoms with van der Waals surface area (Å²) in [5.41, 5.74) is 0.557. The first-order valence-corrected chi connectivity index (χ1v) is 5.02. The molecule has 1 atom stereocenters. The lowest BCUT2D eigenvalue weighted by molar-refractivity contribution is 0.177. The highest BCUT2D eigenvalue weighted by molar-refractivity contribution is 9.09. The van der Waals surface area contributed by atoms with Crippen LogP contribution in [-0.4, -0.2) is 26.1 Å². The maximum absolute atomic E-state index is 11.3. The fourth-order valence-corrected chi connectivity index (χ4v) is 1.13. The molecule has 0 bridgehead atoms. The van der Waals surface area contributed by atoms with E-state index in [9.17, 15) is 9.90 Å². The fourth-order valence-electron chi connectivity index (χ4n) is 0.929. The van der Waals surface area contributed by atoms with Gasteiger partial charge in [0.25, 0.3) is 5.56 Å². The van der Waals surface area contributed by atoms with Crippen LogP contribution >= 0.6 is 15.9 Å². The molecule has 1 aromatic rings. The quantitative estimate of drug-likeness (QED) is 0.782. The van der Waals surface area contributed by atoms with Gasteiger partial charge in [-0.05, 0) is 6.92 Å². The molecule has 0 spiro atoms. The van der Waals surface area contributed by atoms with Crippen molar-refractivity contribution < 1.29 is 5.11 Å². The van der Waals surface area contributed by atoms with E-state index in [0.717, 1.165) is 0 Å². The number of halogens is 1. The topological polar surface area (TPSA) is 55.1 Å². The van der Waals surface area contributed by atoms with Gasteiger partial charge in [0, 0.05) is 17.1 Å². The molecular weight excluding hydrogens is 236 g/mol. The molecule has 13 heavy (non-hydrogen) atoms. The van der Waals surface area contributed by atoms with Gasteiger partial charge in [0.2, 0.25) is 0 Å². The molecule has 0 fully saturated rings. The average Bonchev–Trinajstić information content (AvgIpc) is 2.09. The normalized spacial score (nSPS) is 12.8. The maximum Gasteiger partial charge on any atom is 0.253 e. The largest absolute Gasteiger partial charge is 0.390 e. The highest BCUT2D eigenvalue weighted by atomic mass is 79.9. The standard InChI is InChI=1S/C8H11BrN2O2/c1-6-2-8(13)11(5-10-6)4-7(12)3-9/h2,5,7,12H,3-4H2,1H3. The summed E-state index contributed by atoms with van der Waals surface area (Å²) in [6.45, 7) is 2.03. The molecule has 0 amide bonds. The van der Waals surface area contributed by atoms with Crippen LogP contribution in [-0.2, 0) is 6.54 Å². The molecule has 0 aromatic carbocycles. The molecule has 0 aliphatic heterocycles. The molecular formula is C8H11BrN2O2. The lowest BCUT2D eigenvalue weighted by Gasteiger charge is -2.08. The van der Waals surface area contributed by atoms with E-state index in [0.29, 0.717) is 11.0 Å². The predicted octanol–water partition coefficient (Wildman–Crippen LogP) is 0.308. The van der Waals surface area contributed by atoms with Crippen LogP contribution in [0.2, 0.25) is 0 Å². The van der Waals surface area contributed by atoms with Gasteiger partial charge in [-0.1, -0.05) is 15.9 Å². The zero-order chi connectivity index (χ0) is 9.84. The monoisotopic (exact) mass is 246 g/mol. The Morgan fingerprint density at radius 2 is 2.46 bits per heavy atom. The number of hydrogen-bond donors (Lipinski definition) is 1. The van der Waals surface area contributed by atoms with Crippen molar-refractivity contribution >= 4 is 15.9 Å². The summed E-state index contributed by atoms with van der Waals surface area (Å²) in [5.74, 6) is 0. The number of nitrogens with zero attached hydrogens (tertiary/aromatic N) is 2. The zero-order valence-corrected chi connectivity index (χ0v) is 8.86. The Balaban J connectivity index is 2.84. The third-order valence-electron chi connectivity index (χ3n) is 1.60. The Bertz CT molecular complexity index is 337. The SMILES string of the molecule is Cc1cc(=O)n(CC(O)CBr)cn1. The van der Waals surface area contributed by atoms with Crippen LogP contribution in [0.1, 0.15) is 5.69 Å². The molecule has 0 saturated heterocycles. The van der Waals surface area contributed by atoms with Crippen molar-refractivity contribution in [2.45, 2.75) is 19.6 Å². The van der Waals surface area contributed by atoms with E-state index in [-0.39, 0.29) is 12.1 Å². The van der Waals surface area contributed by atoms with Gasteiger partial charge >= 0.3 is 0 Å². The van der Waals surface area contributed by atoms with E-state index >= 15 is 0 Å². The molecule has 72 valence electrons. The van der Waals surface area contributed by atoms with Crippen LogP contribution in [0.15, 0.2) is 17.2 Å². The lowest BCUT2D eigenvalue weighted by atomic mass is 10.4. The summed E-state index contributed by atoms with van der Waals surface area (Å²) < 4.78 is 1.39. The van der Waals surface area contributed by atoms with Crippen molar-refractivity contribution in [2.24, 2.45) is 0 Å². The van der Waals surface area contributed by atoms with Gasteiger partial charge in [0.1, 0.15) is 0 Å². The van der Waals surface area contributed by atoms with Crippen LogP contribution in [0.4, 0.5) is 0 Å². The second-order valence-electron chi connectivity index (χ2n) is 2.83. The van der Waals surface area contributed by atoms with Crippen molar-refractivity contribution in [1.82, 2.24) is 9.55 Å². The van der Waals surface area contributed by atoms with Crippen molar-refractivity contribution in [3.8, 4) is 0 Å². The molecule has 1 unspecified atom stereocenters. The molecule has 0 radical (unpaired) electrons. The number of aliphatic hydroxyl groups excluding tert-OH is 1. The second kappa shape index (κ2) is 4.53. The van der Waals surface area contributed by atoms with E-state index in [2.05, 4.69) is 20.9 Å². The van der Waals surface area contributed by atoms with Crippen LogP contribution in [0.25, 0.3) is 0 Å². The third kappa shape index (κ3) is 2.93. The van der Waals surface area contributed by atoms with E-state index in [4.69, 9.17) is 0 Å². The zero-order valence-electron chi connectivity index (χ0n) is 7.27. The Morgan fingerprint density at radius 1 is 1.77 bits per heavy atom. The minimum Gasteiger partial charge on any atom is -0.390 e. The highest BCUT2D eigenvalue weighted by Gasteiger charge is 2.04. The third-order valence-corrected chi connectivity index (χ3v) is 2.35. The van der Waals surface area contributed by atoms with E-state index in [1.165, 1.54) is 17.0 Å². The summed E-state index contributed by atoms with van der Waals surface area (Å²) in [4.78, 5) is 15.3. The maximum atomic E-state index is 11.3. The molecule has 1 heterocycles. The fraction of sp³-hybridized carbons (Fsp3) is 0.500. The van der Waals surface area contributed by atoms with Gasteiger partial charge in [-0.25, -0.2) is 4.98 Å². The molecule has 1 rings (SSSR count). The Morgan fingerprint density at radius 3 is 3.00 bits per heavy atom. The van der Waals surface area contributed by atoms with Crippen molar-refractivity contribution in [2.75, 3.05) is 5.33 Å². The second-order valence-corrected chi connectivity index (χ2v) is 3.48. The average molecular weight is 247 g/mol. The van der Waals surface area contributed by atoms with Gasteiger partial charge in [-0.15, -0.1) is 0 Å². The van der Waals surface area contributed by atoms with Crippen LogP contribution in [0, 0.1) is 6.92 Å². The molecule has 0 aliphatic carbocycles. The smallest absolute Gasteiger partial charge is 0.253 e. The predicted molar refractivity (Wildman–Crippen MR) is 53.0 cm³/mol. The molecule has 5 heteroatoms. The number of rotatable bonds is 3. The van der Waals surface area contributed by atoms with Gasteiger partial charge < -0.3 is 5.11 Å². The van der Waals surface area contributed by atoms with E-state index in [1.807, 2.05) is 0 Å². The molecule has 0 saturated carbocycles. The van der Waals surface area contributed by atoms with Crippen molar-refractivity contribution in [1.29, 1.82) is 0 Å².